The first kappa shape index (κ1) is 14.5. The van der Waals surface area contributed by atoms with Gasteiger partial charge in [-0.25, -0.2) is 0 Å². The van der Waals surface area contributed by atoms with E-state index in [9.17, 15) is 9.90 Å². The highest BCUT2D eigenvalue weighted by Gasteiger charge is 2.24. The van der Waals surface area contributed by atoms with Crippen molar-refractivity contribution >= 4 is 5.91 Å². The van der Waals surface area contributed by atoms with Crippen molar-refractivity contribution in [1.29, 1.82) is 0 Å². The van der Waals surface area contributed by atoms with Crippen LogP contribution in [0.4, 0.5) is 0 Å². The molecular formula is C13H26N2O2. The van der Waals surface area contributed by atoms with Crippen molar-refractivity contribution in [1.82, 2.24) is 9.80 Å². The summed E-state index contributed by atoms with van der Waals surface area (Å²) in [4.78, 5) is 16.2. The number of aliphatic hydroxyl groups is 1. The molecule has 1 fully saturated rings. The van der Waals surface area contributed by atoms with E-state index < -0.39 is 0 Å². The molecule has 0 aromatic rings. The molecule has 1 amide bonds. The van der Waals surface area contributed by atoms with E-state index in [4.69, 9.17) is 0 Å². The highest BCUT2D eigenvalue weighted by atomic mass is 16.3. The lowest BCUT2D eigenvalue weighted by atomic mass is 10.0. The van der Waals surface area contributed by atoms with E-state index in [1.165, 1.54) is 0 Å². The van der Waals surface area contributed by atoms with Crippen LogP contribution in [0.3, 0.4) is 0 Å². The van der Waals surface area contributed by atoms with Gasteiger partial charge in [0.15, 0.2) is 0 Å². The van der Waals surface area contributed by atoms with Crippen molar-refractivity contribution in [3.8, 4) is 0 Å². The zero-order valence-electron chi connectivity index (χ0n) is 11.4. The van der Waals surface area contributed by atoms with E-state index in [-0.39, 0.29) is 12.0 Å². The van der Waals surface area contributed by atoms with Crippen LogP contribution in [0.1, 0.15) is 39.5 Å². The maximum absolute atomic E-state index is 11.9. The van der Waals surface area contributed by atoms with Gasteiger partial charge in [-0.15, -0.1) is 0 Å². The first-order valence-corrected chi connectivity index (χ1v) is 6.70. The zero-order chi connectivity index (χ0) is 12.8. The average molecular weight is 242 g/mol. The number of hydrogen-bond acceptors (Lipinski definition) is 3. The number of aliphatic hydroxyl groups excluding tert-OH is 1. The molecule has 1 heterocycles. The Hall–Kier alpha value is -0.610. The molecule has 4 nitrogen and oxygen atoms in total. The molecule has 0 bridgehead atoms. The van der Waals surface area contributed by atoms with Crippen molar-refractivity contribution in [2.75, 3.05) is 26.7 Å². The van der Waals surface area contributed by atoms with Gasteiger partial charge in [0, 0.05) is 32.6 Å². The van der Waals surface area contributed by atoms with Gasteiger partial charge in [-0.05, 0) is 32.7 Å². The Labute approximate surface area is 105 Å². The lowest BCUT2D eigenvalue weighted by Gasteiger charge is -2.36. The summed E-state index contributed by atoms with van der Waals surface area (Å²) >= 11 is 0. The normalized spacial score (nSPS) is 20.2. The molecular weight excluding hydrogens is 216 g/mol. The van der Waals surface area contributed by atoms with Crippen LogP contribution in [0.2, 0.25) is 0 Å². The Balaban J connectivity index is 2.32. The van der Waals surface area contributed by atoms with Crippen LogP contribution in [0, 0.1) is 0 Å². The Morgan fingerprint density at radius 3 is 2.53 bits per heavy atom. The number of likely N-dealkylation sites (tertiary alicyclic amines) is 1. The van der Waals surface area contributed by atoms with Gasteiger partial charge in [0.2, 0.25) is 5.91 Å². The molecule has 1 rings (SSSR count). The highest BCUT2D eigenvalue weighted by Crippen LogP contribution is 2.16. The summed E-state index contributed by atoms with van der Waals surface area (Å²) in [6, 6.07) is 0.388. The van der Waals surface area contributed by atoms with E-state index >= 15 is 0 Å². The number of carbonyl (C=O) groups excluding carboxylic acids is 1. The minimum atomic E-state index is -0.380. The van der Waals surface area contributed by atoms with E-state index in [0.29, 0.717) is 18.9 Å². The molecule has 1 unspecified atom stereocenters. The lowest BCUT2D eigenvalue weighted by molar-refractivity contribution is -0.133. The zero-order valence-corrected chi connectivity index (χ0v) is 11.4. The summed E-state index contributed by atoms with van der Waals surface area (Å²) in [7, 11) is 1.90. The van der Waals surface area contributed by atoms with E-state index in [0.717, 1.165) is 32.5 Å². The molecule has 1 atom stereocenters. The first-order valence-electron chi connectivity index (χ1n) is 6.70. The Bertz CT molecular complexity index is 236. The standard InChI is InChI=1S/C13H26N2O2/c1-4-15-9-7-12(8-10-15)14(3)13(17)6-5-11(2)16/h11-12,16H,4-10H2,1-3H3. The fourth-order valence-electron chi connectivity index (χ4n) is 2.34. The fraction of sp³-hybridized carbons (Fsp3) is 0.923. The number of amides is 1. The molecule has 0 saturated carbocycles. The second-order valence-corrected chi connectivity index (χ2v) is 5.06. The van der Waals surface area contributed by atoms with Crippen molar-refractivity contribution in [3.05, 3.63) is 0 Å². The van der Waals surface area contributed by atoms with Crippen molar-refractivity contribution in [2.45, 2.75) is 51.7 Å². The average Bonchev–Trinajstić information content (AvgIpc) is 2.35. The second-order valence-electron chi connectivity index (χ2n) is 5.06. The molecule has 1 saturated heterocycles. The van der Waals surface area contributed by atoms with Gasteiger partial charge >= 0.3 is 0 Å². The van der Waals surface area contributed by atoms with E-state index in [1.807, 2.05) is 11.9 Å². The minimum absolute atomic E-state index is 0.167. The van der Waals surface area contributed by atoms with Crippen molar-refractivity contribution in [2.24, 2.45) is 0 Å². The maximum Gasteiger partial charge on any atom is 0.222 e. The summed E-state index contributed by atoms with van der Waals surface area (Å²) in [5.74, 6) is 0.167. The number of nitrogens with zero attached hydrogens (tertiary/aromatic N) is 2. The van der Waals surface area contributed by atoms with Gasteiger partial charge in [-0.1, -0.05) is 6.92 Å². The van der Waals surface area contributed by atoms with Crippen LogP contribution in [0.25, 0.3) is 0 Å². The molecule has 4 heteroatoms. The van der Waals surface area contributed by atoms with E-state index in [1.54, 1.807) is 6.92 Å². The number of piperidine rings is 1. The first-order chi connectivity index (χ1) is 8.04. The SMILES string of the molecule is CCN1CCC(N(C)C(=O)CCC(C)O)CC1. The molecule has 1 aliphatic rings. The number of rotatable bonds is 5. The van der Waals surface area contributed by atoms with Gasteiger partial charge in [0.05, 0.1) is 6.10 Å². The molecule has 0 aromatic heterocycles. The quantitative estimate of drug-likeness (QED) is 0.785. The van der Waals surface area contributed by atoms with Gasteiger partial charge in [0.1, 0.15) is 0 Å². The van der Waals surface area contributed by atoms with Crippen molar-refractivity contribution in [3.63, 3.8) is 0 Å². The molecule has 17 heavy (non-hydrogen) atoms. The van der Waals surface area contributed by atoms with Crippen LogP contribution in [0.5, 0.6) is 0 Å². The summed E-state index contributed by atoms with van der Waals surface area (Å²) in [6.45, 7) is 7.20. The Kier molecular flexibility index (Phi) is 5.92. The summed E-state index contributed by atoms with van der Waals surface area (Å²) < 4.78 is 0. The Morgan fingerprint density at radius 1 is 1.47 bits per heavy atom. The lowest BCUT2D eigenvalue weighted by Crippen LogP contribution is -2.45. The summed E-state index contributed by atoms with van der Waals surface area (Å²) in [5.41, 5.74) is 0. The van der Waals surface area contributed by atoms with Crippen molar-refractivity contribution < 1.29 is 9.90 Å². The number of hydrogen-bond donors (Lipinski definition) is 1. The van der Waals surface area contributed by atoms with Gasteiger partial charge in [-0.2, -0.15) is 0 Å². The van der Waals surface area contributed by atoms with E-state index in [2.05, 4.69) is 11.8 Å². The van der Waals surface area contributed by atoms with Gasteiger partial charge < -0.3 is 14.9 Å². The third kappa shape index (κ3) is 4.64. The molecule has 0 aromatic carbocycles. The predicted molar refractivity (Wildman–Crippen MR) is 68.8 cm³/mol. The Morgan fingerprint density at radius 2 is 2.06 bits per heavy atom. The molecule has 0 spiro atoms. The third-order valence-corrected chi connectivity index (χ3v) is 3.72. The largest absolute Gasteiger partial charge is 0.393 e. The van der Waals surface area contributed by atoms with Gasteiger partial charge in [-0.3, -0.25) is 4.79 Å². The molecule has 100 valence electrons. The highest BCUT2D eigenvalue weighted by molar-refractivity contribution is 5.76. The van der Waals surface area contributed by atoms with Crippen LogP contribution in [-0.2, 0) is 4.79 Å². The van der Waals surface area contributed by atoms with Crippen LogP contribution in [0.15, 0.2) is 0 Å². The number of carbonyl (C=O) groups is 1. The minimum Gasteiger partial charge on any atom is -0.393 e. The summed E-state index contributed by atoms with van der Waals surface area (Å²) in [5, 5.41) is 9.18. The maximum atomic E-state index is 11.9. The molecule has 0 radical (unpaired) electrons. The fourth-order valence-corrected chi connectivity index (χ4v) is 2.34. The summed E-state index contributed by atoms with van der Waals surface area (Å²) in [6.07, 6.45) is 2.79. The smallest absolute Gasteiger partial charge is 0.222 e. The predicted octanol–water partition coefficient (Wildman–Crippen LogP) is 1.09. The van der Waals surface area contributed by atoms with Gasteiger partial charge in [0.25, 0.3) is 0 Å². The third-order valence-electron chi connectivity index (χ3n) is 3.72. The second kappa shape index (κ2) is 6.97. The van der Waals surface area contributed by atoms with Crippen LogP contribution in [-0.4, -0.2) is 59.6 Å². The monoisotopic (exact) mass is 242 g/mol. The topological polar surface area (TPSA) is 43.8 Å². The molecule has 1 aliphatic heterocycles. The van der Waals surface area contributed by atoms with Crippen LogP contribution < -0.4 is 0 Å². The molecule has 0 aliphatic carbocycles. The molecule has 1 N–H and O–H groups in total. The van der Waals surface area contributed by atoms with Crippen LogP contribution >= 0.6 is 0 Å².